The molecule has 0 aliphatic rings. The van der Waals surface area contributed by atoms with E-state index in [1.807, 2.05) is 98.8 Å². The van der Waals surface area contributed by atoms with Crippen LogP contribution < -0.4 is 0 Å². The zero-order valence-electron chi connectivity index (χ0n) is 30.9. The molecule has 57 heavy (non-hydrogen) atoms. The summed E-state index contributed by atoms with van der Waals surface area (Å²) in [4.78, 5) is 25.6. The Morgan fingerprint density at radius 1 is 0.509 bits per heavy atom. The molecule has 0 spiro atoms. The molecule has 11 rings (SSSR count). The Morgan fingerprint density at radius 3 is 2.02 bits per heavy atom. The second-order valence-electron chi connectivity index (χ2n) is 14.0. The summed E-state index contributed by atoms with van der Waals surface area (Å²) in [7, 11) is 0. The van der Waals surface area contributed by atoms with Gasteiger partial charge in [-0.1, -0.05) is 121 Å². The first-order valence-corrected chi connectivity index (χ1v) is 19.6. The lowest BCUT2D eigenvalue weighted by Crippen LogP contribution is -2.00. The van der Waals surface area contributed by atoms with Crippen molar-refractivity contribution in [2.45, 2.75) is 13.8 Å². The van der Waals surface area contributed by atoms with Crippen molar-refractivity contribution >= 4 is 70.6 Å². The highest BCUT2D eigenvalue weighted by Crippen LogP contribution is 2.43. The van der Waals surface area contributed by atoms with Crippen LogP contribution in [0.25, 0.3) is 116 Å². The predicted octanol–water partition coefficient (Wildman–Crippen LogP) is 13.4. The van der Waals surface area contributed by atoms with Crippen molar-refractivity contribution in [1.29, 1.82) is 0 Å². The molecule has 0 N–H and O–H groups in total. The Hall–Kier alpha value is -7.29. The van der Waals surface area contributed by atoms with E-state index in [2.05, 4.69) is 66.7 Å². The standard InChI is InChI=1S/C49H31N5O2S/c1-3-14-32-28(2)55-44-33(32)20-12-22-37(44)49-53-46(30-17-8-5-9-18-30)52-47(54-49)31-25-26-35-40(27-31)57-39-24-13-21-36(41(35)39)48-50-42(29-15-6-4-7-16-29)45-43(51-48)34-19-10-11-23-38(34)56-45/h3-27H,1-2H3/b14-3-. The topological polar surface area (TPSA) is 90.7 Å². The van der Waals surface area contributed by atoms with Crippen LogP contribution in [0.5, 0.6) is 0 Å². The van der Waals surface area contributed by atoms with Gasteiger partial charge in [-0.25, -0.2) is 24.9 Å². The lowest BCUT2D eigenvalue weighted by molar-refractivity contribution is 0.578. The lowest BCUT2D eigenvalue weighted by atomic mass is 10.0. The van der Waals surface area contributed by atoms with Gasteiger partial charge in [0.25, 0.3) is 0 Å². The summed E-state index contributed by atoms with van der Waals surface area (Å²) in [5.41, 5.74) is 9.40. The monoisotopic (exact) mass is 753 g/mol. The number of nitrogens with zero attached hydrogens (tertiary/aromatic N) is 5. The van der Waals surface area contributed by atoms with E-state index < -0.39 is 0 Å². The summed E-state index contributed by atoms with van der Waals surface area (Å²) in [5, 5.41) is 4.20. The lowest BCUT2D eigenvalue weighted by Gasteiger charge is -2.09. The van der Waals surface area contributed by atoms with E-state index in [-0.39, 0.29) is 0 Å². The summed E-state index contributed by atoms with van der Waals surface area (Å²) in [6, 6.07) is 47.2. The number of aryl methyl sites for hydroxylation is 1. The van der Waals surface area contributed by atoms with E-state index in [1.165, 1.54) is 0 Å². The summed E-state index contributed by atoms with van der Waals surface area (Å²) in [5.74, 6) is 3.23. The molecule has 0 saturated heterocycles. The number of thiophene rings is 1. The third kappa shape index (κ3) is 5.44. The fourth-order valence-corrected chi connectivity index (χ4v) is 8.97. The summed E-state index contributed by atoms with van der Waals surface area (Å²) < 4.78 is 15.0. The average molecular weight is 754 g/mol. The van der Waals surface area contributed by atoms with Gasteiger partial charge in [0.2, 0.25) is 0 Å². The van der Waals surface area contributed by atoms with Crippen molar-refractivity contribution in [3.05, 3.63) is 157 Å². The summed E-state index contributed by atoms with van der Waals surface area (Å²) in [6.07, 6.45) is 4.11. The maximum absolute atomic E-state index is 6.39. The SMILES string of the molecule is C/C=C\c1c(C)oc2c(-c3nc(-c4ccccc4)nc(-c4ccc5c(c4)sc4cccc(-c6nc(-c7ccccc7)c7oc8ccccc8c7n6)c45)n3)cccc12. The number of allylic oxidation sites excluding steroid dienone is 1. The number of rotatable bonds is 6. The van der Waals surface area contributed by atoms with Gasteiger partial charge in [-0.05, 0) is 44.2 Å². The average Bonchev–Trinajstić information content (AvgIpc) is 3.94. The minimum absolute atomic E-state index is 0.553. The largest absolute Gasteiger partial charge is 0.460 e. The van der Waals surface area contributed by atoms with E-state index in [4.69, 9.17) is 33.8 Å². The van der Waals surface area contributed by atoms with E-state index in [0.717, 1.165) is 92.5 Å². The van der Waals surface area contributed by atoms with Crippen LogP contribution in [-0.4, -0.2) is 24.9 Å². The number of hydrogen-bond donors (Lipinski definition) is 0. The van der Waals surface area contributed by atoms with Crippen molar-refractivity contribution in [1.82, 2.24) is 24.9 Å². The van der Waals surface area contributed by atoms with Crippen LogP contribution in [0.1, 0.15) is 18.2 Å². The molecule has 5 aromatic heterocycles. The van der Waals surface area contributed by atoms with Crippen molar-refractivity contribution < 1.29 is 8.83 Å². The molecule has 0 unspecified atom stereocenters. The molecule has 0 amide bonds. The van der Waals surface area contributed by atoms with Gasteiger partial charge in [-0.3, -0.25) is 0 Å². The van der Waals surface area contributed by atoms with Crippen molar-refractivity contribution in [3.63, 3.8) is 0 Å². The minimum Gasteiger partial charge on any atom is -0.460 e. The van der Waals surface area contributed by atoms with Gasteiger partial charge < -0.3 is 8.83 Å². The maximum atomic E-state index is 6.39. The van der Waals surface area contributed by atoms with Gasteiger partial charge in [0.15, 0.2) is 28.9 Å². The zero-order chi connectivity index (χ0) is 38.0. The molecule has 8 heteroatoms. The van der Waals surface area contributed by atoms with E-state index in [1.54, 1.807) is 11.3 Å². The Labute approximate surface area is 330 Å². The van der Waals surface area contributed by atoms with Crippen molar-refractivity contribution in [3.8, 4) is 56.8 Å². The molecule has 5 heterocycles. The molecule has 0 radical (unpaired) electrons. The molecular weight excluding hydrogens is 723 g/mol. The highest BCUT2D eigenvalue weighted by atomic mass is 32.1. The van der Waals surface area contributed by atoms with Gasteiger partial charge in [0.05, 0.1) is 5.56 Å². The van der Waals surface area contributed by atoms with Crippen LogP contribution in [0, 0.1) is 6.92 Å². The highest BCUT2D eigenvalue weighted by Gasteiger charge is 2.22. The molecule has 0 fully saturated rings. The molecule has 0 atom stereocenters. The quantitative estimate of drug-likeness (QED) is 0.167. The highest BCUT2D eigenvalue weighted by molar-refractivity contribution is 7.26. The van der Waals surface area contributed by atoms with Crippen LogP contribution in [0.2, 0.25) is 0 Å². The minimum atomic E-state index is 0.553. The number of furan rings is 2. The molecule has 6 aromatic carbocycles. The first kappa shape index (κ1) is 33.1. The summed E-state index contributed by atoms with van der Waals surface area (Å²) >= 11 is 1.73. The molecule has 7 nitrogen and oxygen atoms in total. The van der Waals surface area contributed by atoms with Crippen LogP contribution in [0.3, 0.4) is 0 Å². The fraction of sp³-hybridized carbons (Fsp3) is 0.0408. The van der Waals surface area contributed by atoms with Gasteiger partial charge in [-0.15, -0.1) is 11.3 Å². The number of para-hydroxylation sites is 2. The van der Waals surface area contributed by atoms with E-state index in [9.17, 15) is 0 Å². The Bertz CT molecular complexity index is 3380. The van der Waals surface area contributed by atoms with Crippen LogP contribution in [0.15, 0.2) is 154 Å². The van der Waals surface area contributed by atoms with E-state index in [0.29, 0.717) is 28.9 Å². The zero-order valence-corrected chi connectivity index (χ0v) is 31.7. The molecular formula is C49H31N5O2S. The normalized spacial score (nSPS) is 12.0. The Kier molecular flexibility index (Phi) is 7.65. The van der Waals surface area contributed by atoms with Crippen LogP contribution >= 0.6 is 11.3 Å². The molecule has 0 saturated carbocycles. The number of benzene rings is 6. The van der Waals surface area contributed by atoms with Crippen molar-refractivity contribution in [2.75, 3.05) is 0 Å². The maximum Gasteiger partial charge on any atom is 0.180 e. The molecule has 270 valence electrons. The second-order valence-corrected chi connectivity index (χ2v) is 15.0. The number of hydrogen-bond acceptors (Lipinski definition) is 8. The number of aromatic nitrogens is 5. The van der Waals surface area contributed by atoms with Crippen LogP contribution in [0.4, 0.5) is 0 Å². The Balaban J connectivity index is 1.09. The number of fused-ring (bicyclic) bond motifs is 7. The van der Waals surface area contributed by atoms with Gasteiger partial charge in [0.1, 0.15) is 28.1 Å². The fourth-order valence-electron chi connectivity index (χ4n) is 7.80. The molecule has 0 aliphatic carbocycles. The third-order valence-corrected chi connectivity index (χ3v) is 11.6. The van der Waals surface area contributed by atoms with Crippen molar-refractivity contribution in [2.24, 2.45) is 0 Å². The third-order valence-electron chi connectivity index (χ3n) is 10.4. The summed E-state index contributed by atoms with van der Waals surface area (Å²) in [6.45, 7) is 4.00. The van der Waals surface area contributed by atoms with Crippen LogP contribution in [-0.2, 0) is 0 Å². The van der Waals surface area contributed by atoms with Gasteiger partial charge >= 0.3 is 0 Å². The molecule has 0 aliphatic heterocycles. The predicted molar refractivity (Wildman–Crippen MR) is 232 cm³/mol. The van der Waals surface area contributed by atoms with E-state index >= 15 is 0 Å². The van der Waals surface area contributed by atoms with Gasteiger partial charge in [-0.2, -0.15) is 0 Å². The first-order chi connectivity index (χ1) is 28.1. The first-order valence-electron chi connectivity index (χ1n) is 18.8. The van der Waals surface area contributed by atoms with Gasteiger partial charge in [0, 0.05) is 58.8 Å². The Morgan fingerprint density at radius 2 is 1.19 bits per heavy atom. The molecule has 11 aromatic rings. The molecule has 0 bridgehead atoms. The second kappa shape index (κ2) is 13.2. The smallest absolute Gasteiger partial charge is 0.180 e.